The summed E-state index contributed by atoms with van der Waals surface area (Å²) in [5, 5.41) is 6.57. The van der Waals surface area contributed by atoms with Crippen molar-refractivity contribution < 1.29 is 4.79 Å². The topological polar surface area (TPSA) is 57.3 Å². The van der Waals surface area contributed by atoms with Gasteiger partial charge in [0.15, 0.2) is 0 Å². The molecule has 5 heteroatoms. The molecule has 2 aromatic rings. The number of hydrogen-bond donors (Lipinski definition) is 2. The lowest BCUT2D eigenvalue weighted by Crippen LogP contribution is -2.38. The number of fused-ring (bicyclic) bond motifs is 1. The Morgan fingerprint density at radius 2 is 2.22 bits per heavy atom. The molecular weight excluding hydrogens is 336 g/mol. The van der Waals surface area contributed by atoms with E-state index in [1.807, 2.05) is 12.1 Å². The van der Waals surface area contributed by atoms with Crippen molar-refractivity contribution in [3.63, 3.8) is 0 Å². The Balaban J connectivity index is 1.43. The van der Waals surface area contributed by atoms with Crippen LogP contribution in [0.1, 0.15) is 48.9 Å². The van der Waals surface area contributed by atoms with Crippen LogP contribution in [0.5, 0.6) is 0 Å². The van der Waals surface area contributed by atoms with Crippen molar-refractivity contribution in [2.75, 3.05) is 18.0 Å². The van der Waals surface area contributed by atoms with Gasteiger partial charge >= 0.3 is 0 Å². The van der Waals surface area contributed by atoms with Crippen molar-refractivity contribution in [1.82, 2.24) is 15.6 Å². The van der Waals surface area contributed by atoms with E-state index in [9.17, 15) is 4.79 Å². The molecule has 1 aliphatic heterocycles. The van der Waals surface area contributed by atoms with Crippen LogP contribution in [0.15, 0.2) is 42.7 Å². The number of carbonyl (C=O) groups is 1. The third-order valence-electron chi connectivity index (χ3n) is 5.47. The highest BCUT2D eigenvalue weighted by Gasteiger charge is 2.29. The van der Waals surface area contributed by atoms with Gasteiger partial charge in [-0.05, 0) is 61.4 Å². The number of aryl methyl sites for hydroxylation is 1. The van der Waals surface area contributed by atoms with Crippen LogP contribution in [0.2, 0.25) is 0 Å². The molecule has 1 aromatic carbocycles. The summed E-state index contributed by atoms with van der Waals surface area (Å²) < 4.78 is 0. The summed E-state index contributed by atoms with van der Waals surface area (Å²) in [4.78, 5) is 19.5. The Kier molecular flexibility index (Phi) is 5.39. The van der Waals surface area contributed by atoms with Gasteiger partial charge in [-0.2, -0.15) is 0 Å². The third-order valence-corrected chi connectivity index (χ3v) is 5.47. The van der Waals surface area contributed by atoms with E-state index in [1.165, 1.54) is 17.7 Å². The summed E-state index contributed by atoms with van der Waals surface area (Å²) in [6.07, 6.45) is 8.12. The van der Waals surface area contributed by atoms with Gasteiger partial charge in [0.1, 0.15) is 6.04 Å². The zero-order valence-electron chi connectivity index (χ0n) is 15.9. The minimum Gasteiger partial charge on any atom is -0.372 e. The van der Waals surface area contributed by atoms with Gasteiger partial charge in [-0.15, -0.1) is 0 Å². The van der Waals surface area contributed by atoms with E-state index < -0.39 is 0 Å². The molecule has 2 N–H and O–H groups in total. The molecule has 1 aromatic heterocycles. The molecule has 1 atom stereocenters. The number of carbonyl (C=O) groups excluding carboxylic acids is 1. The molecule has 0 bridgehead atoms. The molecule has 1 saturated carbocycles. The molecule has 1 amide bonds. The van der Waals surface area contributed by atoms with Crippen molar-refractivity contribution >= 4 is 11.6 Å². The van der Waals surface area contributed by atoms with Gasteiger partial charge in [0.05, 0.1) is 0 Å². The number of nitrogens with one attached hydrogen (secondary N) is 2. The van der Waals surface area contributed by atoms with E-state index in [4.69, 9.17) is 0 Å². The molecule has 2 heterocycles. The first-order chi connectivity index (χ1) is 13.2. The zero-order chi connectivity index (χ0) is 18.6. The molecule has 5 nitrogen and oxygen atoms in total. The first-order valence-corrected chi connectivity index (χ1v) is 10.0. The number of pyridine rings is 1. The van der Waals surface area contributed by atoms with E-state index in [0.717, 1.165) is 43.5 Å². The predicted octanol–water partition coefficient (Wildman–Crippen LogP) is 2.96. The predicted molar refractivity (Wildman–Crippen MR) is 108 cm³/mol. The fraction of sp³-hybridized carbons (Fsp3) is 0.455. The molecule has 4 rings (SSSR count). The first-order valence-electron chi connectivity index (χ1n) is 10.0. The van der Waals surface area contributed by atoms with Crippen molar-refractivity contribution in [2.45, 2.75) is 51.2 Å². The van der Waals surface area contributed by atoms with Crippen molar-refractivity contribution in [3.05, 3.63) is 59.4 Å². The lowest BCUT2D eigenvalue weighted by Gasteiger charge is -2.30. The number of benzene rings is 1. The molecule has 1 fully saturated rings. The van der Waals surface area contributed by atoms with Gasteiger partial charge in [-0.1, -0.05) is 18.2 Å². The van der Waals surface area contributed by atoms with E-state index in [2.05, 4.69) is 45.6 Å². The Labute approximate surface area is 161 Å². The van der Waals surface area contributed by atoms with Gasteiger partial charge in [-0.25, -0.2) is 0 Å². The Hall–Kier alpha value is -2.40. The molecule has 0 spiro atoms. The number of amides is 1. The largest absolute Gasteiger partial charge is 0.372 e. The molecule has 2 aliphatic rings. The van der Waals surface area contributed by atoms with Crippen molar-refractivity contribution in [3.8, 4) is 0 Å². The molecule has 0 radical (unpaired) electrons. The molecule has 1 unspecified atom stereocenters. The van der Waals surface area contributed by atoms with Crippen molar-refractivity contribution in [1.29, 1.82) is 0 Å². The quantitative estimate of drug-likeness (QED) is 0.793. The first kappa shape index (κ1) is 18.0. The van der Waals surface area contributed by atoms with Crippen LogP contribution in [-0.4, -0.2) is 30.0 Å². The van der Waals surface area contributed by atoms with Crippen LogP contribution in [-0.2, 0) is 17.8 Å². The number of rotatable bonds is 7. The SMILES string of the molecule is CCN1CCCc2cc(CNC(=O)C(NC3CC3)c3cccnc3)ccc21. The molecular formula is C22H28N4O. The van der Waals surface area contributed by atoms with E-state index in [-0.39, 0.29) is 11.9 Å². The van der Waals surface area contributed by atoms with Crippen LogP contribution in [0.4, 0.5) is 5.69 Å². The summed E-state index contributed by atoms with van der Waals surface area (Å²) in [7, 11) is 0. The maximum absolute atomic E-state index is 12.9. The summed E-state index contributed by atoms with van der Waals surface area (Å²) in [5.41, 5.74) is 4.83. The highest BCUT2D eigenvalue weighted by Crippen LogP contribution is 2.28. The van der Waals surface area contributed by atoms with Crippen LogP contribution in [0, 0.1) is 0 Å². The molecule has 0 saturated heterocycles. The number of hydrogen-bond acceptors (Lipinski definition) is 4. The van der Waals surface area contributed by atoms with E-state index in [1.54, 1.807) is 12.4 Å². The Bertz CT molecular complexity index is 788. The van der Waals surface area contributed by atoms with Gasteiger partial charge in [0, 0.05) is 43.8 Å². The van der Waals surface area contributed by atoms with Gasteiger partial charge in [0.25, 0.3) is 0 Å². The highest BCUT2D eigenvalue weighted by atomic mass is 16.2. The lowest BCUT2D eigenvalue weighted by molar-refractivity contribution is -0.123. The monoisotopic (exact) mass is 364 g/mol. The van der Waals surface area contributed by atoms with Crippen molar-refractivity contribution in [2.24, 2.45) is 0 Å². The van der Waals surface area contributed by atoms with E-state index in [0.29, 0.717) is 12.6 Å². The number of nitrogens with zero attached hydrogens (tertiary/aromatic N) is 2. The standard InChI is InChI=1S/C22H28N4O/c1-2-26-12-4-6-17-13-16(7-10-20(17)26)14-24-22(27)21(25-19-8-9-19)18-5-3-11-23-15-18/h3,5,7,10-11,13,15,19,21,25H,2,4,6,8-9,12,14H2,1H3,(H,24,27). The maximum atomic E-state index is 12.9. The zero-order valence-corrected chi connectivity index (χ0v) is 15.9. The molecule has 27 heavy (non-hydrogen) atoms. The second-order valence-electron chi connectivity index (χ2n) is 7.52. The lowest BCUT2D eigenvalue weighted by atomic mass is 9.99. The average molecular weight is 364 g/mol. The second kappa shape index (κ2) is 8.09. The minimum atomic E-state index is -0.334. The third kappa shape index (κ3) is 4.30. The number of aromatic nitrogens is 1. The smallest absolute Gasteiger partial charge is 0.242 e. The summed E-state index contributed by atoms with van der Waals surface area (Å²) >= 11 is 0. The van der Waals surface area contributed by atoms with Crippen LogP contribution in [0.3, 0.4) is 0 Å². The fourth-order valence-electron chi connectivity index (χ4n) is 3.81. The fourth-order valence-corrected chi connectivity index (χ4v) is 3.81. The molecule has 1 aliphatic carbocycles. The summed E-state index contributed by atoms with van der Waals surface area (Å²) in [5.74, 6) is 0.0165. The average Bonchev–Trinajstić information content (AvgIpc) is 3.54. The normalized spacial score (nSPS) is 17.3. The Morgan fingerprint density at radius 1 is 1.33 bits per heavy atom. The second-order valence-corrected chi connectivity index (χ2v) is 7.52. The highest BCUT2D eigenvalue weighted by molar-refractivity contribution is 5.83. The van der Waals surface area contributed by atoms with Crippen LogP contribution in [0.25, 0.3) is 0 Å². The summed E-state index contributed by atoms with van der Waals surface area (Å²) in [6.45, 7) is 4.94. The maximum Gasteiger partial charge on any atom is 0.242 e. The summed E-state index contributed by atoms with van der Waals surface area (Å²) in [6, 6.07) is 10.6. The Morgan fingerprint density at radius 3 is 2.96 bits per heavy atom. The van der Waals surface area contributed by atoms with Gasteiger partial charge < -0.3 is 10.2 Å². The minimum absolute atomic E-state index is 0.0165. The van der Waals surface area contributed by atoms with Crippen LogP contribution < -0.4 is 15.5 Å². The van der Waals surface area contributed by atoms with E-state index >= 15 is 0 Å². The number of anilines is 1. The van der Waals surface area contributed by atoms with Crippen LogP contribution >= 0.6 is 0 Å². The molecule has 142 valence electrons. The van der Waals surface area contributed by atoms with Gasteiger partial charge in [-0.3, -0.25) is 15.1 Å². The van der Waals surface area contributed by atoms with Gasteiger partial charge in [0.2, 0.25) is 5.91 Å².